The van der Waals surface area contributed by atoms with E-state index < -0.39 is 0 Å². The molecular weight excluding hydrogens is 569 g/mol. The van der Waals surface area contributed by atoms with Gasteiger partial charge < -0.3 is 10.6 Å². The predicted octanol–water partition coefficient (Wildman–Crippen LogP) is 12.8. The number of hydrogen-bond acceptors (Lipinski definition) is 2. The second kappa shape index (κ2) is 13.2. The van der Waals surface area contributed by atoms with Gasteiger partial charge in [0, 0.05) is 28.2 Å². The van der Waals surface area contributed by atoms with Crippen LogP contribution in [0, 0.1) is 20.8 Å². The van der Waals surface area contributed by atoms with Crippen molar-refractivity contribution in [3.05, 3.63) is 180 Å². The first-order valence-corrected chi connectivity index (χ1v) is 16.2. The van der Waals surface area contributed by atoms with Crippen LogP contribution in [0.2, 0.25) is 0 Å². The quantitative estimate of drug-likeness (QED) is 0.180. The molecule has 7 aromatic rings. The first-order chi connectivity index (χ1) is 23.0. The summed E-state index contributed by atoms with van der Waals surface area (Å²) in [5, 5.41) is 7.46. The highest BCUT2D eigenvalue weighted by Crippen LogP contribution is 2.50. The SMILES string of the molecule is Cc1cccc(-c2cc(-c3ccc(Nc4ccccc4)cc3)c(-c3cccc(C)c3)c(-c3cccc(C)c3)c2Nc2ccccc2)c1. The average molecular weight is 607 g/mol. The van der Waals surface area contributed by atoms with Crippen LogP contribution in [0.5, 0.6) is 0 Å². The molecule has 228 valence electrons. The molecule has 0 unspecified atom stereocenters. The van der Waals surface area contributed by atoms with E-state index >= 15 is 0 Å². The molecule has 2 nitrogen and oxygen atoms in total. The average Bonchev–Trinajstić information content (AvgIpc) is 3.09. The van der Waals surface area contributed by atoms with E-state index in [0.29, 0.717) is 0 Å². The maximum absolute atomic E-state index is 3.91. The molecule has 0 radical (unpaired) electrons. The van der Waals surface area contributed by atoms with Crippen molar-refractivity contribution in [3.8, 4) is 44.5 Å². The van der Waals surface area contributed by atoms with Gasteiger partial charge in [0.2, 0.25) is 0 Å². The highest BCUT2D eigenvalue weighted by Gasteiger charge is 2.23. The first-order valence-electron chi connectivity index (χ1n) is 16.2. The molecule has 0 fully saturated rings. The van der Waals surface area contributed by atoms with Crippen molar-refractivity contribution >= 4 is 22.7 Å². The van der Waals surface area contributed by atoms with Crippen LogP contribution < -0.4 is 10.6 Å². The number of aryl methyl sites for hydroxylation is 3. The van der Waals surface area contributed by atoms with Gasteiger partial charge in [0.15, 0.2) is 0 Å². The zero-order valence-corrected chi connectivity index (χ0v) is 27.1. The van der Waals surface area contributed by atoms with Crippen molar-refractivity contribution < 1.29 is 0 Å². The summed E-state index contributed by atoms with van der Waals surface area (Å²) >= 11 is 0. The molecule has 47 heavy (non-hydrogen) atoms. The number of anilines is 4. The van der Waals surface area contributed by atoms with Crippen molar-refractivity contribution in [2.45, 2.75) is 20.8 Å². The van der Waals surface area contributed by atoms with Gasteiger partial charge in [-0.2, -0.15) is 0 Å². The Labute approximate surface area is 278 Å². The fourth-order valence-corrected chi connectivity index (χ4v) is 6.36. The summed E-state index contributed by atoms with van der Waals surface area (Å²) in [6.45, 7) is 6.50. The lowest BCUT2D eigenvalue weighted by Crippen LogP contribution is -2.02. The smallest absolute Gasteiger partial charge is 0.0550 e. The van der Waals surface area contributed by atoms with Crippen LogP contribution in [0.3, 0.4) is 0 Å². The van der Waals surface area contributed by atoms with Gasteiger partial charge in [-0.1, -0.05) is 138 Å². The summed E-state index contributed by atoms with van der Waals surface area (Å²) in [4.78, 5) is 0. The largest absolute Gasteiger partial charge is 0.356 e. The van der Waals surface area contributed by atoms with E-state index in [1.165, 1.54) is 50.1 Å². The van der Waals surface area contributed by atoms with E-state index in [2.05, 4.69) is 189 Å². The van der Waals surface area contributed by atoms with Crippen molar-refractivity contribution in [1.82, 2.24) is 0 Å². The number of benzene rings is 7. The van der Waals surface area contributed by atoms with Gasteiger partial charge in [-0.3, -0.25) is 0 Å². The van der Waals surface area contributed by atoms with Gasteiger partial charge >= 0.3 is 0 Å². The van der Waals surface area contributed by atoms with Gasteiger partial charge in [-0.25, -0.2) is 0 Å². The standard InChI is InChI=1S/C45H38N2/c1-31-13-10-16-35(27-31)42-30-41(34-23-25-40(26-24-34)46-38-19-6-4-7-20-38)43(36-17-11-14-32(2)28-36)44(37-18-12-15-33(3)29-37)45(42)47-39-21-8-5-9-22-39/h4-30,46-47H,1-3H3. The summed E-state index contributed by atoms with van der Waals surface area (Å²) in [6.07, 6.45) is 0. The normalized spacial score (nSPS) is 10.9. The highest BCUT2D eigenvalue weighted by atomic mass is 14.9. The van der Waals surface area contributed by atoms with E-state index in [9.17, 15) is 0 Å². The van der Waals surface area contributed by atoms with Crippen LogP contribution >= 0.6 is 0 Å². The molecule has 0 aliphatic heterocycles. The summed E-state index contributed by atoms with van der Waals surface area (Å²) in [5.74, 6) is 0. The van der Waals surface area contributed by atoms with Crippen molar-refractivity contribution in [1.29, 1.82) is 0 Å². The Morgan fingerprint density at radius 2 is 0.787 bits per heavy atom. The fraction of sp³-hybridized carbons (Fsp3) is 0.0667. The third-order valence-electron chi connectivity index (χ3n) is 8.57. The highest BCUT2D eigenvalue weighted by molar-refractivity contribution is 6.07. The van der Waals surface area contributed by atoms with Crippen LogP contribution in [0.4, 0.5) is 22.7 Å². The second-order valence-electron chi connectivity index (χ2n) is 12.3. The van der Waals surface area contributed by atoms with Crippen molar-refractivity contribution in [2.24, 2.45) is 0 Å². The molecule has 2 heteroatoms. The third kappa shape index (κ3) is 6.59. The second-order valence-corrected chi connectivity index (χ2v) is 12.3. The van der Waals surface area contributed by atoms with Gasteiger partial charge in [-0.15, -0.1) is 0 Å². The Hall–Kier alpha value is -5.86. The summed E-state index contributed by atoms with van der Waals surface area (Å²) in [6, 6.07) is 58.6. The lowest BCUT2D eigenvalue weighted by Gasteiger charge is -2.25. The topological polar surface area (TPSA) is 24.1 Å². The Kier molecular flexibility index (Phi) is 8.41. The zero-order chi connectivity index (χ0) is 32.2. The van der Waals surface area contributed by atoms with Crippen LogP contribution in [-0.2, 0) is 0 Å². The monoisotopic (exact) mass is 606 g/mol. The van der Waals surface area contributed by atoms with Gasteiger partial charge in [-0.05, 0) is 96.6 Å². The molecule has 2 N–H and O–H groups in total. The van der Waals surface area contributed by atoms with E-state index in [1.54, 1.807) is 0 Å². The summed E-state index contributed by atoms with van der Waals surface area (Å²) in [7, 11) is 0. The molecule has 0 bridgehead atoms. The third-order valence-corrected chi connectivity index (χ3v) is 8.57. The van der Waals surface area contributed by atoms with Crippen molar-refractivity contribution in [3.63, 3.8) is 0 Å². The molecule has 7 aromatic carbocycles. The maximum atomic E-state index is 3.91. The molecule has 0 spiro atoms. The van der Waals surface area contributed by atoms with Crippen LogP contribution in [0.25, 0.3) is 44.5 Å². The Morgan fingerprint density at radius 3 is 1.34 bits per heavy atom. The van der Waals surface area contributed by atoms with E-state index in [1.807, 2.05) is 6.07 Å². The zero-order valence-electron chi connectivity index (χ0n) is 27.1. The van der Waals surface area contributed by atoms with Gasteiger partial charge in [0.05, 0.1) is 5.69 Å². The molecule has 0 aromatic heterocycles. The molecule has 0 aliphatic rings. The van der Waals surface area contributed by atoms with Gasteiger partial charge in [0.25, 0.3) is 0 Å². The first kappa shape index (κ1) is 29.8. The van der Waals surface area contributed by atoms with E-state index in [4.69, 9.17) is 0 Å². The van der Waals surface area contributed by atoms with Crippen LogP contribution in [0.15, 0.2) is 164 Å². The lowest BCUT2D eigenvalue weighted by atomic mass is 9.82. The number of para-hydroxylation sites is 2. The Bertz CT molecular complexity index is 2150. The minimum absolute atomic E-state index is 1.05. The van der Waals surface area contributed by atoms with Gasteiger partial charge in [0.1, 0.15) is 0 Å². The molecular formula is C45H38N2. The fourth-order valence-electron chi connectivity index (χ4n) is 6.36. The predicted molar refractivity (Wildman–Crippen MR) is 202 cm³/mol. The Morgan fingerprint density at radius 1 is 0.319 bits per heavy atom. The molecule has 0 aliphatic carbocycles. The summed E-state index contributed by atoms with van der Waals surface area (Å²) in [5.41, 5.74) is 17.4. The molecule has 0 atom stereocenters. The Balaban J connectivity index is 1.55. The van der Waals surface area contributed by atoms with E-state index in [-0.39, 0.29) is 0 Å². The molecule has 0 heterocycles. The van der Waals surface area contributed by atoms with Crippen LogP contribution in [-0.4, -0.2) is 0 Å². The lowest BCUT2D eigenvalue weighted by molar-refractivity contribution is 1.43. The van der Waals surface area contributed by atoms with Crippen molar-refractivity contribution in [2.75, 3.05) is 10.6 Å². The number of rotatable bonds is 8. The minimum atomic E-state index is 1.05. The molecule has 7 rings (SSSR count). The minimum Gasteiger partial charge on any atom is -0.356 e. The maximum Gasteiger partial charge on any atom is 0.0550 e. The molecule has 0 amide bonds. The van der Waals surface area contributed by atoms with Crippen LogP contribution in [0.1, 0.15) is 16.7 Å². The summed E-state index contributed by atoms with van der Waals surface area (Å²) < 4.78 is 0. The molecule has 0 saturated heterocycles. The number of nitrogens with one attached hydrogen (secondary N) is 2. The molecule has 0 saturated carbocycles. The van der Waals surface area contributed by atoms with E-state index in [0.717, 1.165) is 33.9 Å². The number of hydrogen-bond donors (Lipinski definition) is 2.